The Morgan fingerprint density at radius 1 is 1.11 bits per heavy atom. The molecule has 0 aromatic carbocycles. The van der Waals surface area contributed by atoms with Crippen molar-refractivity contribution in [2.24, 2.45) is 11.8 Å². The second-order valence-corrected chi connectivity index (χ2v) is 9.71. The van der Waals surface area contributed by atoms with Crippen molar-refractivity contribution in [3.63, 3.8) is 0 Å². The van der Waals surface area contributed by atoms with Gasteiger partial charge in [-0.15, -0.1) is 0 Å². The molecular weight excluding hydrogens is 246 g/mol. The number of rotatable bonds is 4. The van der Waals surface area contributed by atoms with Crippen molar-refractivity contribution in [3.05, 3.63) is 0 Å². The summed E-state index contributed by atoms with van der Waals surface area (Å²) in [6.07, 6.45) is 3.61. The smallest absolute Gasteiger partial charge is 0.156 e. The van der Waals surface area contributed by atoms with Gasteiger partial charge in [0.2, 0.25) is 0 Å². The van der Waals surface area contributed by atoms with Gasteiger partial charge in [0.1, 0.15) is 0 Å². The molecule has 18 heavy (non-hydrogen) atoms. The predicted molar refractivity (Wildman–Crippen MR) is 77.5 cm³/mol. The van der Waals surface area contributed by atoms with Crippen molar-refractivity contribution in [3.8, 4) is 0 Å². The van der Waals surface area contributed by atoms with Crippen LogP contribution in [0, 0.1) is 11.8 Å². The van der Waals surface area contributed by atoms with Gasteiger partial charge in [0.25, 0.3) is 0 Å². The Balaban J connectivity index is 2.35. The average Bonchev–Trinajstić information content (AvgIpc) is 2.21. The van der Waals surface area contributed by atoms with E-state index in [1.165, 1.54) is 19.3 Å². The maximum Gasteiger partial charge on any atom is 0.156 e. The molecule has 0 spiro atoms. The van der Waals surface area contributed by atoms with E-state index in [0.29, 0.717) is 12.6 Å². The van der Waals surface area contributed by atoms with Crippen LogP contribution in [0.5, 0.6) is 0 Å². The maximum absolute atomic E-state index is 12.0. The molecule has 1 rings (SSSR count). The van der Waals surface area contributed by atoms with E-state index in [2.05, 4.69) is 19.2 Å². The zero-order chi connectivity index (χ0) is 14.0. The van der Waals surface area contributed by atoms with Gasteiger partial charge in [0.05, 0.1) is 10.5 Å². The monoisotopic (exact) mass is 275 g/mol. The first kappa shape index (κ1) is 16.0. The van der Waals surface area contributed by atoms with Gasteiger partial charge < -0.3 is 5.32 Å². The lowest BCUT2D eigenvalue weighted by Gasteiger charge is -2.32. The summed E-state index contributed by atoms with van der Waals surface area (Å²) in [7, 11) is -2.99. The van der Waals surface area contributed by atoms with Crippen molar-refractivity contribution < 1.29 is 8.42 Å². The fraction of sp³-hybridized carbons (Fsp3) is 1.00. The van der Waals surface area contributed by atoms with Crippen LogP contribution in [0.25, 0.3) is 0 Å². The lowest BCUT2D eigenvalue weighted by atomic mass is 9.79. The van der Waals surface area contributed by atoms with Crippen LogP contribution < -0.4 is 5.32 Å². The molecule has 0 amide bonds. The Morgan fingerprint density at radius 3 is 2.22 bits per heavy atom. The third kappa shape index (κ3) is 4.23. The van der Waals surface area contributed by atoms with Crippen LogP contribution in [0.2, 0.25) is 0 Å². The Kier molecular flexibility index (Phi) is 5.24. The molecule has 3 atom stereocenters. The van der Waals surface area contributed by atoms with Crippen LogP contribution in [-0.2, 0) is 9.84 Å². The highest BCUT2D eigenvalue weighted by Gasteiger charge is 2.29. The minimum atomic E-state index is -2.99. The molecule has 0 heterocycles. The fourth-order valence-corrected chi connectivity index (χ4v) is 3.44. The first-order valence-corrected chi connectivity index (χ1v) is 8.74. The Bertz CT molecular complexity index is 356. The van der Waals surface area contributed by atoms with E-state index in [0.717, 1.165) is 11.8 Å². The largest absolute Gasteiger partial charge is 0.313 e. The van der Waals surface area contributed by atoms with Crippen molar-refractivity contribution in [1.29, 1.82) is 0 Å². The van der Waals surface area contributed by atoms with E-state index >= 15 is 0 Å². The van der Waals surface area contributed by atoms with Gasteiger partial charge in [-0.25, -0.2) is 8.42 Å². The molecule has 108 valence electrons. The third-order valence-electron chi connectivity index (χ3n) is 4.33. The van der Waals surface area contributed by atoms with Gasteiger partial charge in [0, 0.05) is 12.6 Å². The number of hydrogen-bond donors (Lipinski definition) is 1. The summed E-state index contributed by atoms with van der Waals surface area (Å²) in [5.74, 6) is 1.80. The van der Waals surface area contributed by atoms with Crippen molar-refractivity contribution in [2.75, 3.05) is 12.3 Å². The van der Waals surface area contributed by atoms with E-state index in [9.17, 15) is 8.42 Å². The molecule has 0 bridgehead atoms. The molecule has 1 fully saturated rings. The van der Waals surface area contributed by atoms with Crippen molar-refractivity contribution in [2.45, 2.75) is 64.7 Å². The summed E-state index contributed by atoms with van der Waals surface area (Å²) < 4.78 is 23.3. The summed E-state index contributed by atoms with van der Waals surface area (Å²) in [5.41, 5.74) is 0. The standard InChI is InChI=1S/C14H29NO2S/c1-11-6-7-13(10-12(11)2)15-8-9-18(16,17)14(3,4)5/h11-13,15H,6-10H2,1-5H3/t11-,12+,13+/m1/s1. The maximum atomic E-state index is 12.0. The number of hydrogen-bond acceptors (Lipinski definition) is 3. The quantitative estimate of drug-likeness (QED) is 0.858. The topological polar surface area (TPSA) is 46.2 Å². The van der Waals surface area contributed by atoms with E-state index < -0.39 is 14.6 Å². The first-order chi connectivity index (χ1) is 8.13. The van der Waals surface area contributed by atoms with E-state index in [1.54, 1.807) is 20.8 Å². The van der Waals surface area contributed by atoms with Gasteiger partial charge in [-0.2, -0.15) is 0 Å². The molecule has 0 radical (unpaired) electrons. The molecule has 1 aliphatic rings. The summed E-state index contributed by atoms with van der Waals surface area (Å²) >= 11 is 0. The molecular formula is C14H29NO2S. The molecule has 1 saturated carbocycles. The highest BCUT2D eigenvalue weighted by Crippen LogP contribution is 2.29. The number of sulfone groups is 1. The Labute approximate surface area is 113 Å². The lowest BCUT2D eigenvalue weighted by molar-refractivity contribution is 0.228. The zero-order valence-electron chi connectivity index (χ0n) is 12.5. The minimum absolute atomic E-state index is 0.247. The molecule has 1 N–H and O–H groups in total. The van der Waals surface area contributed by atoms with Crippen molar-refractivity contribution >= 4 is 9.84 Å². The summed E-state index contributed by atoms with van der Waals surface area (Å²) in [6.45, 7) is 10.5. The van der Waals surface area contributed by atoms with Crippen molar-refractivity contribution in [1.82, 2.24) is 5.32 Å². The molecule has 1 aliphatic carbocycles. The third-order valence-corrected chi connectivity index (χ3v) is 6.94. The molecule has 4 heteroatoms. The number of nitrogens with one attached hydrogen (secondary N) is 1. The van der Waals surface area contributed by atoms with Crippen LogP contribution in [0.1, 0.15) is 53.9 Å². The van der Waals surface area contributed by atoms with Gasteiger partial charge in [-0.05, 0) is 51.9 Å². The van der Waals surface area contributed by atoms with Crippen LogP contribution in [0.3, 0.4) is 0 Å². The molecule has 0 aromatic rings. The zero-order valence-corrected chi connectivity index (χ0v) is 13.3. The van der Waals surface area contributed by atoms with Crippen LogP contribution in [-0.4, -0.2) is 31.5 Å². The van der Waals surface area contributed by atoms with Gasteiger partial charge in [-0.1, -0.05) is 13.8 Å². The SMILES string of the molecule is C[C@@H]1CC[C@H](NCCS(=O)(=O)C(C)(C)C)C[C@@H]1C. The first-order valence-electron chi connectivity index (χ1n) is 7.09. The lowest BCUT2D eigenvalue weighted by Crippen LogP contribution is -2.40. The Morgan fingerprint density at radius 2 is 1.72 bits per heavy atom. The van der Waals surface area contributed by atoms with E-state index in [4.69, 9.17) is 0 Å². The molecule has 0 aliphatic heterocycles. The van der Waals surface area contributed by atoms with Crippen LogP contribution in [0.4, 0.5) is 0 Å². The van der Waals surface area contributed by atoms with Crippen LogP contribution >= 0.6 is 0 Å². The van der Waals surface area contributed by atoms with Gasteiger partial charge in [-0.3, -0.25) is 0 Å². The highest BCUT2D eigenvalue weighted by molar-refractivity contribution is 7.92. The Hall–Kier alpha value is -0.0900. The molecule has 0 aromatic heterocycles. The fourth-order valence-electron chi connectivity index (χ4n) is 2.44. The van der Waals surface area contributed by atoms with Gasteiger partial charge >= 0.3 is 0 Å². The average molecular weight is 275 g/mol. The molecule has 0 saturated heterocycles. The minimum Gasteiger partial charge on any atom is -0.313 e. The molecule has 0 unspecified atom stereocenters. The molecule has 3 nitrogen and oxygen atoms in total. The van der Waals surface area contributed by atoms with E-state index in [1.807, 2.05) is 0 Å². The summed E-state index contributed by atoms with van der Waals surface area (Å²) in [6, 6.07) is 0.506. The summed E-state index contributed by atoms with van der Waals surface area (Å²) in [5, 5.41) is 3.42. The van der Waals surface area contributed by atoms with Crippen LogP contribution in [0.15, 0.2) is 0 Å². The second kappa shape index (κ2) is 5.91. The van der Waals surface area contributed by atoms with Gasteiger partial charge in [0.15, 0.2) is 9.84 Å². The van der Waals surface area contributed by atoms with E-state index in [-0.39, 0.29) is 5.75 Å². The predicted octanol–water partition coefficient (Wildman–Crippen LogP) is 2.61. The summed E-state index contributed by atoms with van der Waals surface area (Å²) in [4.78, 5) is 0. The highest BCUT2D eigenvalue weighted by atomic mass is 32.2. The second-order valence-electron chi connectivity index (χ2n) is 6.85. The normalized spacial score (nSPS) is 30.4.